The van der Waals surface area contributed by atoms with Crippen molar-refractivity contribution in [2.75, 3.05) is 18.1 Å². The van der Waals surface area contributed by atoms with Crippen molar-refractivity contribution in [1.29, 1.82) is 0 Å². The van der Waals surface area contributed by atoms with E-state index in [0.29, 0.717) is 30.6 Å². The number of rotatable bonds is 7. The average Bonchev–Trinajstić information content (AvgIpc) is 3.41. The molecular weight excluding hydrogens is 440 g/mol. The van der Waals surface area contributed by atoms with E-state index in [1.165, 1.54) is 6.33 Å². The van der Waals surface area contributed by atoms with Crippen LogP contribution in [0.25, 0.3) is 10.9 Å². The molecule has 0 unspecified atom stereocenters. The monoisotopic (exact) mass is 474 g/mol. The van der Waals surface area contributed by atoms with Crippen LogP contribution in [0.4, 0.5) is 5.69 Å². The number of nitrogens with zero attached hydrogens (tertiary/aromatic N) is 3. The lowest BCUT2D eigenvalue weighted by Gasteiger charge is -2.31. The number of amides is 1. The summed E-state index contributed by atoms with van der Waals surface area (Å²) in [6.07, 6.45) is 3.98. The number of anilines is 1. The molecule has 1 aliphatic heterocycles. The Morgan fingerprint density at radius 1 is 1.14 bits per heavy atom. The largest absolute Gasteiger partial charge is 0.494 e. The summed E-state index contributed by atoms with van der Waals surface area (Å²) in [5.74, 6) is 1.58. The van der Waals surface area contributed by atoms with Crippen LogP contribution in [0.15, 0.2) is 54.9 Å². The Kier molecular flexibility index (Phi) is 6.47. The van der Waals surface area contributed by atoms with Crippen LogP contribution in [-0.2, 0) is 0 Å². The van der Waals surface area contributed by atoms with Crippen LogP contribution >= 0.6 is 0 Å². The van der Waals surface area contributed by atoms with Crippen molar-refractivity contribution in [3.63, 3.8) is 0 Å². The number of hydrogen-bond acceptors (Lipinski definition) is 6. The Labute approximate surface area is 206 Å². The van der Waals surface area contributed by atoms with Gasteiger partial charge in [-0.25, -0.2) is 9.97 Å². The standard InChI is InChI=1S/C28H34N4O3/c1-4-35-21-11-9-19(10-12-21)32(27(33)26-22-7-5-6-8-24(22)30-17-31-26)20-13-18-16-29-25(23(18)14-20)15-28(2,3)34/h5-12,17-18,20,23,25,29,34H,4,13-16H2,1-3H3/t18-,20+,23+,25+/m0/s1. The Morgan fingerprint density at radius 3 is 2.66 bits per heavy atom. The molecule has 1 saturated carbocycles. The molecule has 1 aliphatic carbocycles. The van der Waals surface area contributed by atoms with Crippen LogP contribution in [0, 0.1) is 11.8 Å². The second kappa shape index (κ2) is 9.55. The van der Waals surface area contributed by atoms with Gasteiger partial charge in [-0.2, -0.15) is 0 Å². The van der Waals surface area contributed by atoms with E-state index < -0.39 is 5.60 Å². The zero-order valence-electron chi connectivity index (χ0n) is 20.6. The van der Waals surface area contributed by atoms with Crippen molar-refractivity contribution in [2.45, 2.75) is 57.7 Å². The molecule has 3 aromatic rings. The fourth-order valence-electron chi connectivity index (χ4n) is 5.93. The second-order valence-corrected chi connectivity index (χ2v) is 10.4. The number of nitrogens with one attached hydrogen (secondary N) is 1. The van der Waals surface area contributed by atoms with E-state index >= 15 is 0 Å². The van der Waals surface area contributed by atoms with Crippen molar-refractivity contribution in [1.82, 2.24) is 15.3 Å². The van der Waals surface area contributed by atoms with Gasteiger partial charge in [-0.15, -0.1) is 0 Å². The number of carbonyl (C=O) groups excluding carboxylic acids is 1. The predicted octanol–water partition coefficient (Wildman–Crippen LogP) is 4.20. The molecular formula is C28H34N4O3. The molecule has 1 saturated heterocycles. The molecule has 0 spiro atoms. The first-order valence-electron chi connectivity index (χ1n) is 12.6. The number of aliphatic hydroxyl groups is 1. The molecule has 1 aromatic heterocycles. The Hall–Kier alpha value is -3.03. The molecule has 2 N–H and O–H groups in total. The van der Waals surface area contributed by atoms with Crippen molar-refractivity contribution in [2.24, 2.45) is 11.8 Å². The van der Waals surface area contributed by atoms with E-state index in [4.69, 9.17) is 4.74 Å². The van der Waals surface area contributed by atoms with E-state index in [1.807, 2.05) is 74.2 Å². The highest BCUT2D eigenvalue weighted by Gasteiger charge is 2.47. The molecule has 2 aliphatic rings. The lowest BCUT2D eigenvalue weighted by atomic mass is 9.87. The first kappa shape index (κ1) is 23.7. The Morgan fingerprint density at radius 2 is 1.91 bits per heavy atom. The smallest absolute Gasteiger partial charge is 0.277 e. The fraction of sp³-hybridized carbons (Fsp3) is 0.464. The summed E-state index contributed by atoms with van der Waals surface area (Å²) in [5.41, 5.74) is 1.30. The Balaban J connectivity index is 1.49. The lowest BCUT2D eigenvalue weighted by Crippen LogP contribution is -2.42. The first-order valence-corrected chi connectivity index (χ1v) is 12.6. The predicted molar refractivity (Wildman–Crippen MR) is 137 cm³/mol. The second-order valence-electron chi connectivity index (χ2n) is 10.4. The first-order chi connectivity index (χ1) is 16.8. The molecule has 1 amide bonds. The zero-order chi connectivity index (χ0) is 24.6. The van der Waals surface area contributed by atoms with Gasteiger partial charge in [-0.1, -0.05) is 18.2 Å². The van der Waals surface area contributed by atoms with E-state index in [2.05, 4.69) is 15.3 Å². The van der Waals surface area contributed by atoms with Gasteiger partial charge >= 0.3 is 0 Å². The summed E-state index contributed by atoms with van der Waals surface area (Å²) in [6, 6.07) is 15.7. The van der Waals surface area contributed by atoms with Crippen LogP contribution < -0.4 is 15.0 Å². The summed E-state index contributed by atoms with van der Waals surface area (Å²) in [5, 5.41) is 14.8. The number of benzene rings is 2. The van der Waals surface area contributed by atoms with Crippen LogP contribution in [-0.4, -0.2) is 51.8 Å². The molecule has 4 atom stereocenters. The van der Waals surface area contributed by atoms with Crippen LogP contribution in [0.3, 0.4) is 0 Å². The third kappa shape index (κ3) is 4.88. The number of hydrogen-bond donors (Lipinski definition) is 2. The quantitative estimate of drug-likeness (QED) is 0.534. The highest BCUT2D eigenvalue weighted by molar-refractivity contribution is 6.12. The van der Waals surface area contributed by atoms with Gasteiger partial charge in [0, 0.05) is 23.2 Å². The molecule has 7 nitrogen and oxygen atoms in total. The molecule has 2 heterocycles. The third-order valence-corrected chi connectivity index (χ3v) is 7.36. The summed E-state index contributed by atoms with van der Waals surface area (Å²) in [6.45, 7) is 7.20. The molecule has 184 valence electrons. The Bertz CT molecular complexity index is 1190. The fourth-order valence-corrected chi connectivity index (χ4v) is 5.93. The van der Waals surface area contributed by atoms with Gasteiger partial charge in [0.15, 0.2) is 0 Å². The minimum atomic E-state index is -0.727. The SMILES string of the molecule is CCOc1ccc(N(C(=O)c2ncnc3ccccc23)[C@@H]2C[C@H]3CN[C@H](CC(C)(C)O)[C@@H]3C2)cc1. The van der Waals surface area contributed by atoms with Crippen LogP contribution in [0.5, 0.6) is 5.75 Å². The topological polar surface area (TPSA) is 87.6 Å². The highest BCUT2D eigenvalue weighted by atomic mass is 16.5. The molecule has 7 heteroatoms. The molecule has 0 radical (unpaired) electrons. The zero-order valence-corrected chi connectivity index (χ0v) is 20.6. The normalized spacial score (nSPS) is 23.9. The number of para-hydroxylation sites is 1. The van der Waals surface area contributed by atoms with E-state index in [-0.39, 0.29) is 18.0 Å². The third-order valence-electron chi connectivity index (χ3n) is 7.36. The highest BCUT2D eigenvalue weighted by Crippen LogP contribution is 2.44. The van der Waals surface area contributed by atoms with Gasteiger partial charge in [0.05, 0.1) is 17.7 Å². The van der Waals surface area contributed by atoms with Gasteiger partial charge in [0.25, 0.3) is 5.91 Å². The minimum Gasteiger partial charge on any atom is -0.494 e. The van der Waals surface area contributed by atoms with Gasteiger partial charge in [-0.05, 0) is 88.7 Å². The molecule has 5 rings (SSSR count). The number of aromatic nitrogens is 2. The maximum absolute atomic E-state index is 14.1. The summed E-state index contributed by atoms with van der Waals surface area (Å²) < 4.78 is 5.63. The van der Waals surface area contributed by atoms with Crippen LogP contribution in [0.2, 0.25) is 0 Å². The van der Waals surface area contributed by atoms with Gasteiger partial charge in [0.2, 0.25) is 0 Å². The number of ether oxygens (including phenoxy) is 1. The maximum Gasteiger partial charge on any atom is 0.277 e. The molecule has 0 bridgehead atoms. The van der Waals surface area contributed by atoms with Crippen LogP contribution in [0.1, 0.15) is 50.5 Å². The average molecular weight is 475 g/mol. The summed E-state index contributed by atoms with van der Waals surface area (Å²) in [4.78, 5) is 24.9. The molecule has 35 heavy (non-hydrogen) atoms. The van der Waals surface area contributed by atoms with E-state index in [0.717, 1.165) is 41.7 Å². The van der Waals surface area contributed by atoms with E-state index in [9.17, 15) is 9.90 Å². The van der Waals surface area contributed by atoms with Crippen molar-refractivity contribution >= 4 is 22.5 Å². The minimum absolute atomic E-state index is 0.0515. The number of fused-ring (bicyclic) bond motifs is 2. The summed E-state index contributed by atoms with van der Waals surface area (Å²) in [7, 11) is 0. The van der Waals surface area contributed by atoms with E-state index in [1.54, 1.807) is 0 Å². The van der Waals surface area contributed by atoms with Gasteiger partial charge in [0.1, 0.15) is 17.8 Å². The lowest BCUT2D eigenvalue weighted by molar-refractivity contribution is 0.0551. The van der Waals surface area contributed by atoms with Gasteiger partial charge in [-0.3, -0.25) is 4.79 Å². The summed E-state index contributed by atoms with van der Waals surface area (Å²) >= 11 is 0. The number of carbonyl (C=O) groups is 1. The van der Waals surface area contributed by atoms with Crippen molar-refractivity contribution < 1.29 is 14.6 Å². The van der Waals surface area contributed by atoms with Crippen molar-refractivity contribution in [3.8, 4) is 5.75 Å². The maximum atomic E-state index is 14.1. The van der Waals surface area contributed by atoms with Crippen molar-refractivity contribution in [3.05, 3.63) is 60.6 Å². The van der Waals surface area contributed by atoms with Gasteiger partial charge < -0.3 is 20.1 Å². The molecule has 2 aromatic carbocycles. The molecule has 2 fully saturated rings.